The fourth-order valence-electron chi connectivity index (χ4n) is 1.33. The van der Waals surface area contributed by atoms with Crippen molar-refractivity contribution in [1.82, 2.24) is 0 Å². The van der Waals surface area contributed by atoms with Gasteiger partial charge in [0.2, 0.25) is 0 Å². The van der Waals surface area contributed by atoms with Gasteiger partial charge < -0.3 is 11.5 Å². The van der Waals surface area contributed by atoms with E-state index in [-0.39, 0.29) is 0 Å². The molecule has 2 nitrogen and oxygen atoms in total. The summed E-state index contributed by atoms with van der Waals surface area (Å²) < 4.78 is 0. The Bertz CT molecular complexity index is 72.9. The number of hydrogen-bond acceptors (Lipinski definition) is 2. The van der Waals surface area contributed by atoms with E-state index >= 15 is 0 Å². The van der Waals surface area contributed by atoms with Crippen molar-refractivity contribution in [3.05, 3.63) is 0 Å². The van der Waals surface area contributed by atoms with Crippen molar-refractivity contribution in [2.45, 2.75) is 25.3 Å². The number of hydrogen-bond donors (Lipinski definition) is 2. The molecule has 0 unspecified atom stereocenters. The van der Waals surface area contributed by atoms with E-state index in [1.54, 1.807) is 0 Å². The molecular weight excluding hydrogens is 100 g/mol. The third kappa shape index (κ3) is 1.20. The minimum Gasteiger partial charge on any atom is -0.330 e. The fourth-order valence-corrected chi connectivity index (χ4v) is 1.33. The summed E-state index contributed by atoms with van der Waals surface area (Å²) in [5.74, 6) is 0.727. The van der Waals surface area contributed by atoms with Crippen LogP contribution in [0.3, 0.4) is 0 Å². The van der Waals surface area contributed by atoms with Crippen LogP contribution in [-0.4, -0.2) is 12.6 Å². The minimum atomic E-state index is 0.448. The molecule has 0 aromatic heterocycles. The zero-order chi connectivity index (χ0) is 5.98. The van der Waals surface area contributed by atoms with Gasteiger partial charge >= 0.3 is 0 Å². The van der Waals surface area contributed by atoms with Crippen molar-refractivity contribution in [2.75, 3.05) is 6.54 Å². The zero-order valence-corrected chi connectivity index (χ0v) is 5.14. The molecule has 4 N–H and O–H groups in total. The van der Waals surface area contributed by atoms with Gasteiger partial charge in [-0.25, -0.2) is 0 Å². The molecule has 0 aromatic carbocycles. The summed E-state index contributed by atoms with van der Waals surface area (Å²) in [5, 5.41) is 0. The van der Waals surface area contributed by atoms with Crippen molar-refractivity contribution in [2.24, 2.45) is 17.4 Å². The first kappa shape index (κ1) is 6.05. The van der Waals surface area contributed by atoms with Crippen LogP contribution in [0.4, 0.5) is 0 Å². The predicted octanol–water partition coefficient (Wildman–Crippen LogP) is 0.0725. The summed E-state index contributed by atoms with van der Waals surface area (Å²) in [7, 11) is 0. The van der Waals surface area contributed by atoms with Crippen molar-refractivity contribution in [3.8, 4) is 0 Å². The van der Waals surface area contributed by atoms with Gasteiger partial charge in [-0.15, -0.1) is 0 Å². The van der Waals surface area contributed by atoms with Crippen LogP contribution in [0.25, 0.3) is 0 Å². The lowest BCUT2D eigenvalue weighted by atomic mass is 10.1. The zero-order valence-electron chi connectivity index (χ0n) is 5.14. The molecule has 1 aliphatic rings. The monoisotopic (exact) mass is 114 g/mol. The molecule has 0 aromatic rings. The molecule has 48 valence electrons. The highest BCUT2D eigenvalue weighted by molar-refractivity contribution is 4.77. The van der Waals surface area contributed by atoms with Gasteiger partial charge in [0, 0.05) is 6.04 Å². The minimum absolute atomic E-state index is 0.448. The maximum atomic E-state index is 5.65. The Hall–Kier alpha value is -0.0800. The van der Waals surface area contributed by atoms with Crippen LogP contribution in [0.5, 0.6) is 0 Å². The van der Waals surface area contributed by atoms with Gasteiger partial charge in [-0.05, 0) is 31.7 Å². The predicted molar refractivity (Wildman–Crippen MR) is 34.4 cm³/mol. The van der Waals surface area contributed by atoms with Crippen LogP contribution < -0.4 is 11.5 Å². The van der Waals surface area contributed by atoms with Crippen molar-refractivity contribution < 1.29 is 0 Å². The molecule has 1 fully saturated rings. The maximum Gasteiger partial charge on any atom is 0.00420 e. The molecule has 0 spiro atoms. The Labute approximate surface area is 50.2 Å². The number of rotatable bonds is 1. The van der Waals surface area contributed by atoms with Crippen LogP contribution in [0.15, 0.2) is 0 Å². The smallest absolute Gasteiger partial charge is 0.00420 e. The van der Waals surface area contributed by atoms with Gasteiger partial charge in [-0.2, -0.15) is 0 Å². The molecule has 1 saturated carbocycles. The van der Waals surface area contributed by atoms with Gasteiger partial charge in [-0.3, -0.25) is 0 Å². The second-order valence-electron chi connectivity index (χ2n) is 2.67. The highest BCUT2D eigenvalue weighted by Crippen LogP contribution is 2.22. The molecule has 0 saturated heterocycles. The standard InChI is InChI=1S/C6H14N2/c7-4-5-1-2-6(8)3-5/h5-6H,1-4,7-8H2/t5-,6+/m1/s1. The van der Waals surface area contributed by atoms with E-state index in [4.69, 9.17) is 11.5 Å². The van der Waals surface area contributed by atoms with Gasteiger partial charge in [-0.1, -0.05) is 0 Å². The van der Waals surface area contributed by atoms with E-state index in [0.29, 0.717) is 6.04 Å². The molecular formula is C6H14N2. The highest BCUT2D eigenvalue weighted by atomic mass is 14.7. The first-order valence-corrected chi connectivity index (χ1v) is 3.28. The van der Waals surface area contributed by atoms with Gasteiger partial charge in [0.05, 0.1) is 0 Å². The van der Waals surface area contributed by atoms with Gasteiger partial charge in [0.15, 0.2) is 0 Å². The topological polar surface area (TPSA) is 52.0 Å². The van der Waals surface area contributed by atoms with Crippen LogP contribution in [0.1, 0.15) is 19.3 Å². The fraction of sp³-hybridized carbons (Fsp3) is 1.00. The van der Waals surface area contributed by atoms with Crippen molar-refractivity contribution in [3.63, 3.8) is 0 Å². The van der Waals surface area contributed by atoms with E-state index in [9.17, 15) is 0 Å². The molecule has 2 heteroatoms. The molecule has 1 rings (SSSR count). The third-order valence-electron chi connectivity index (χ3n) is 1.92. The maximum absolute atomic E-state index is 5.65. The lowest BCUT2D eigenvalue weighted by Gasteiger charge is -2.02. The van der Waals surface area contributed by atoms with Crippen LogP contribution >= 0.6 is 0 Å². The summed E-state index contributed by atoms with van der Waals surface area (Å²) in [6.07, 6.45) is 3.58. The summed E-state index contributed by atoms with van der Waals surface area (Å²) >= 11 is 0. The molecule has 8 heavy (non-hydrogen) atoms. The SMILES string of the molecule is NC[C@@H]1CC[C@H](N)C1. The van der Waals surface area contributed by atoms with E-state index in [0.717, 1.165) is 18.9 Å². The Morgan fingerprint density at radius 1 is 1.38 bits per heavy atom. The summed E-state index contributed by atoms with van der Waals surface area (Å²) in [6, 6.07) is 0.448. The van der Waals surface area contributed by atoms with Crippen LogP contribution in [0, 0.1) is 5.92 Å². The van der Waals surface area contributed by atoms with Gasteiger partial charge in [0.25, 0.3) is 0 Å². The molecule has 2 atom stereocenters. The van der Waals surface area contributed by atoms with Crippen LogP contribution in [0.2, 0.25) is 0 Å². The Morgan fingerprint density at radius 2 is 2.12 bits per heavy atom. The van der Waals surface area contributed by atoms with E-state index in [2.05, 4.69) is 0 Å². The first-order valence-electron chi connectivity index (χ1n) is 3.28. The largest absolute Gasteiger partial charge is 0.330 e. The Morgan fingerprint density at radius 3 is 2.38 bits per heavy atom. The lowest BCUT2D eigenvalue weighted by molar-refractivity contribution is 0.550. The molecule has 0 amide bonds. The summed E-state index contributed by atoms with van der Waals surface area (Å²) in [5.41, 5.74) is 11.1. The average molecular weight is 114 g/mol. The van der Waals surface area contributed by atoms with E-state index in [1.165, 1.54) is 12.8 Å². The normalized spacial score (nSPS) is 38.2. The first-order chi connectivity index (χ1) is 3.83. The third-order valence-corrected chi connectivity index (χ3v) is 1.92. The van der Waals surface area contributed by atoms with E-state index in [1.807, 2.05) is 0 Å². The number of nitrogens with two attached hydrogens (primary N) is 2. The average Bonchev–Trinajstić information content (AvgIpc) is 2.14. The Kier molecular flexibility index (Phi) is 1.86. The Balaban J connectivity index is 2.22. The lowest BCUT2D eigenvalue weighted by Crippen LogP contribution is -2.17. The summed E-state index contributed by atoms with van der Waals surface area (Å²) in [6.45, 7) is 0.827. The molecule has 0 bridgehead atoms. The molecule has 1 aliphatic carbocycles. The highest BCUT2D eigenvalue weighted by Gasteiger charge is 2.19. The van der Waals surface area contributed by atoms with Crippen molar-refractivity contribution in [1.29, 1.82) is 0 Å². The molecule has 0 aliphatic heterocycles. The molecule has 0 heterocycles. The van der Waals surface area contributed by atoms with E-state index < -0.39 is 0 Å². The second kappa shape index (κ2) is 2.46. The quantitative estimate of drug-likeness (QED) is 0.507. The summed E-state index contributed by atoms with van der Waals surface area (Å²) in [4.78, 5) is 0. The second-order valence-corrected chi connectivity index (χ2v) is 2.67. The van der Waals surface area contributed by atoms with Gasteiger partial charge in [0.1, 0.15) is 0 Å². The molecule has 0 radical (unpaired) electrons. The van der Waals surface area contributed by atoms with Crippen LogP contribution in [-0.2, 0) is 0 Å². The van der Waals surface area contributed by atoms with Crippen molar-refractivity contribution >= 4 is 0 Å².